The van der Waals surface area contributed by atoms with E-state index in [0.717, 1.165) is 48.4 Å². The maximum Gasteiger partial charge on any atom is 0.417 e. The average Bonchev–Trinajstić information content (AvgIpc) is 3.82. The average molecular weight is 649 g/mol. The Labute approximate surface area is 260 Å². The number of rotatable bonds is 6. The smallest absolute Gasteiger partial charge is 0.417 e. The zero-order valence-corrected chi connectivity index (χ0v) is 24.6. The first-order chi connectivity index (χ1) is 21.8. The van der Waals surface area contributed by atoms with Crippen LogP contribution < -0.4 is 14.4 Å². The molecular weight excluding hydrogens is 618 g/mol. The zero-order valence-electron chi connectivity index (χ0n) is 24.6. The van der Waals surface area contributed by atoms with Crippen LogP contribution in [-0.4, -0.2) is 78.1 Å². The summed E-state index contributed by atoms with van der Waals surface area (Å²) in [7, 11) is 1.56. The fraction of sp³-hybridized carbons (Fsp3) is 0.406. The summed E-state index contributed by atoms with van der Waals surface area (Å²) in [6.07, 6.45) is -7.02. The molecule has 1 aromatic heterocycles. The molecule has 1 saturated carbocycles. The number of aromatic nitrogens is 1. The van der Waals surface area contributed by atoms with Gasteiger partial charge in [0.05, 0.1) is 36.0 Å². The number of halogens is 6. The second-order valence-electron chi connectivity index (χ2n) is 11.7. The molecule has 6 rings (SSSR count). The predicted octanol–water partition coefficient (Wildman–Crippen LogP) is 5.53. The highest BCUT2D eigenvalue weighted by Gasteiger charge is 2.60. The van der Waals surface area contributed by atoms with Crippen LogP contribution in [0.4, 0.5) is 32.0 Å². The molecule has 2 aromatic carbocycles. The number of nitrogens with zero attached hydrogens (tertiary/aromatic N) is 4. The number of piperidine rings is 1. The van der Waals surface area contributed by atoms with E-state index < -0.39 is 52.5 Å². The zero-order chi connectivity index (χ0) is 32.9. The van der Waals surface area contributed by atoms with E-state index in [1.54, 1.807) is 12.0 Å². The largest absolute Gasteiger partial charge is 0.495 e. The van der Waals surface area contributed by atoms with Crippen LogP contribution in [0.2, 0.25) is 0 Å². The molecule has 46 heavy (non-hydrogen) atoms. The van der Waals surface area contributed by atoms with Crippen LogP contribution in [0, 0.1) is 5.92 Å². The molecule has 3 aromatic rings. The van der Waals surface area contributed by atoms with Crippen molar-refractivity contribution in [2.75, 3.05) is 44.7 Å². The van der Waals surface area contributed by atoms with E-state index >= 15 is 0 Å². The van der Waals surface area contributed by atoms with Crippen LogP contribution in [-0.2, 0) is 17.1 Å². The number of ether oxygens (including phenoxy) is 2. The first-order valence-electron chi connectivity index (χ1n) is 14.7. The summed E-state index contributed by atoms with van der Waals surface area (Å²) in [5.41, 5.74) is -3.61. The van der Waals surface area contributed by atoms with Gasteiger partial charge in [-0.05, 0) is 54.8 Å². The summed E-state index contributed by atoms with van der Waals surface area (Å²) in [5.74, 6) is -1.05. The van der Waals surface area contributed by atoms with Crippen molar-refractivity contribution < 1.29 is 45.4 Å². The van der Waals surface area contributed by atoms with Gasteiger partial charge in [-0.2, -0.15) is 26.3 Å². The summed E-state index contributed by atoms with van der Waals surface area (Å²) in [6.45, 7) is 1.01. The molecule has 0 radical (unpaired) electrons. The number of fused-ring (bicyclic) bond motifs is 1. The lowest BCUT2D eigenvalue weighted by Crippen LogP contribution is -2.64. The van der Waals surface area contributed by atoms with Crippen molar-refractivity contribution in [3.63, 3.8) is 0 Å². The van der Waals surface area contributed by atoms with Crippen molar-refractivity contribution in [3.05, 3.63) is 83.7 Å². The number of hydrogen-bond acceptors (Lipinski definition) is 6. The van der Waals surface area contributed by atoms with Gasteiger partial charge in [-0.25, -0.2) is 0 Å². The van der Waals surface area contributed by atoms with E-state index in [4.69, 9.17) is 9.47 Å². The Morgan fingerprint density at radius 2 is 1.61 bits per heavy atom. The van der Waals surface area contributed by atoms with Gasteiger partial charge in [0.1, 0.15) is 11.5 Å². The van der Waals surface area contributed by atoms with Gasteiger partial charge in [-0.3, -0.25) is 14.6 Å². The number of likely N-dealkylation sites (tertiary alicyclic amines) is 1. The summed E-state index contributed by atoms with van der Waals surface area (Å²) in [4.78, 5) is 36.7. The lowest BCUT2D eigenvalue weighted by molar-refractivity contribution is -0.153. The number of carbonyl (C=O) groups is 2. The van der Waals surface area contributed by atoms with Gasteiger partial charge in [0.15, 0.2) is 0 Å². The van der Waals surface area contributed by atoms with Crippen LogP contribution in [0.1, 0.15) is 34.3 Å². The number of pyridine rings is 1. The number of anilines is 1. The summed E-state index contributed by atoms with van der Waals surface area (Å²) >= 11 is 0. The molecule has 3 aliphatic rings. The Morgan fingerprint density at radius 1 is 0.913 bits per heavy atom. The normalized spacial score (nSPS) is 23.1. The van der Waals surface area contributed by atoms with Gasteiger partial charge in [0, 0.05) is 51.0 Å². The molecule has 2 amide bonds. The predicted molar refractivity (Wildman–Crippen MR) is 153 cm³/mol. The standard InChI is InChI=1S/C32H30F6N4O4/c1-45-27-5-3-2-4-25(27)40-12-14-41(15-13-40)29(44)30(46-22-8-6-21(7-9-22)31(33,34)35)17-20-16-26(20)42(19-30)28(43)23-18-39-11-10-24(23)32(36,37)38/h2-11,18,20,26H,12-17,19H2,1H3/t20-,26-,30-/m0/s1. The van der Waals surface area contributed by atoms with Crippen LogP contribution in [0.15, 0.2) is 67.0 Å². The van der Waals surface area contributed by atoms with Gasteiger partial charge >= 0.3 is 12.4 Å². The van der Waals surface area contributed by atoms with Crippen molar-refractivity contribution in [2.24, 2.45) is 5.92 Å². The summed E-state index contributed by atoms with van der Waals surface area (Å²) in [5, 5.41) is 0. The lowest BCUT2D eigenvalue weighted by Gasteiger charge is -2.45. The van der Waals surface area contributed by atoms with Gasteiger partial charge in [0.2, 0.25) is 5.60 Å². The molecule has 3 atom stereocenters. The van der Waals surface area contributed by atoms with Gasteiger partial charge in [-0.15, -0.1) is 0 Å². The fourth-order valence-electron chi connectivity index (χ4n) is 6.44. The SMILES string of the molecule is COc1ccccc1N1CCN(C(=O)[C@]2(Oc3ccc(C(F)(F)F)cc3)C[C@@H]3C[C@@H]3N(C(=O)c3cnccc3C(F)(F)F)C2)CC1. The number of carbonyl (C=O) groups excluding carboxylic acids is 2. The number of piperazine rings is 1. The van der Waals surface area contributed by atoms with Crippen molar-refractivity contribution >= 4 is 17.5 Å². The monoisotopic (exact) mass is 648 g/mol. The third-order valence-corrected chi connectivity index (χ3v) is 8.80. The van der Waals surface area contributed by atoms with Crippen LogP contribution in [0.25, 0.3) is 0 Å². The number of methoxy groups -OCH3 is 1. The number of benzene rings is 2. The molecule has 2 saturated heterocycles. The van der Waals surface area contributed by atoms with Crippen molar-refractivity contribution in [2.45, 2.75) is 36.8 Å². The molecule has 14 heteroatoms. The van der Waals surface area contributed by atoms with E-state index in [9.17, 15) is 35.9 Å². The highest BCUT2D eigenvalue weighted by molar-refractivity contribution is 5.97. The highest BCUT2D eigenvalue weighted by Crippen LogP contribution is 2.49. The maximum atomic E-state index is 14.4. The number of para-hydroxylation sites is 2. The summed E-state index contributed by atoms with van der Waals surface area (Å²) in [6, 6.07) is 11.6. The van der Waals surface area contributed by atoms with Gasteiger partial charge in [-0.1, -0.05) is 12.1 Å². The fourth-order valence-corrected chi connectivity index (χ4v) is 6.44. The van der Waals surface area contributed by atoms with Crippen LogP contribution in [0.5, 0.6) is 11.5 Å². The second-order valence-corrected chi connectivity index (χ2v) is 11.7. The van der Waals surface area contributed by atoms with Gasteiger partial charge < -0.3 is 24.2 Å². The quantitative estimate of drug-likeness (QED) is 0.328. The van der Waals surface area contributed by atoms with E-state index in [2.05, 4.69) is 9.88 Å². The van der Waals surface area contributed by atoms with Crippen molar-refractivity contribution in [1.29, 1.82) is 0 Å². The Morgan fingerprint density at radius 3 is 2.26 bits per heavy atom. The topological polar surface area (TPSA) is 75.2 Å². The second kappa shape index (κ2) is 11.7. The van der Waals surface area contributed by atoms with Crippen molar-refractivity contribution in [3.8, 4) is 11.5 Å². The first-order valence-corrected chi connectivity index (χ1v) is 14.7. The first kappa shape index (κ1) is 31.5. The molecule has 8 nitrogen and oxygen atoms in total. The minimum Gasteiger partial charge on any atom is -0.495 e. The van der Waals surface area contributed by atoms with E-state index in [1.165, 1.54) is 4.90 Å². The maximum absolute atomic E-state index is 14.4. The molecule has 3 fully saturated rings. The Bertz CT molecular complexity index is 1610. The summed E-state index contributed by atoms with van der Waals surface area (Å²) < 4.78 is 93.0. The van der Waals surface area contributed by atoms with Crippen LogP contribution in [0.3, 0.4) is 0 Å². The Hall–Kier alpha value is -4.49. The molecular formula is C32H30F6N4O4. The highest BCUT2D eigenvalue weighted by atomic mass is 19.4. The minimum atomic E-state index is -4.82. The molecule has 2 aliphatic heterocycles. The molecule has 0 unspecified atom stereocenters. The molecule has 0 N–H and O–H groups in total. The van der Waals surface area contributed by atoms with Gasteiger partial charge in [0.25, 0.3) is 11.8 Å². The van der Waals surface area contributed by atoms with E-state index in [0.29, 0.717) is 25.3 Å². The molecule has 244 valence electrons. The van der Waals surface area contributed by atoms with Crippen molar-refractivity contribution in [1.82, 2.24) is 14.8 Å². The minimum absolute atomic E-state index is 0.0298. The van der Waals surface area contributed by atoms with Crippen LogP contribution >= 0.6 is 0 Å². The Balaban J connectivity index is 1.30. The van der Waals surface area contributed by atoms with E-state index in [1.807, 2.05) is 24.3 Å². The molecule has 1 aliphatic carbocycles. The third kappa shape index (κ3) is 6.04. The molecule has 0 bridgehead atoms. The number of amides is 2. The Kier molecular flexibility index (Phi) is 8.01. The lowest BCUT2D eigenvalue weighted by atomic mass is 9.89. The number of alkyl halides is 6. The number of hydrogen-bond donors (Lipinski definition) is 0. The third-order valence-electron chi connectivity index (χ3n) is 8.80. The van der Waals surface area contributed by atoms with E-state index in [-0.39, 0.29) is 37.7 Å². The molecule has 3 heterocycles. The molecule has 0 spiro atoms.